The second-order valence-electron chi connectivity index (χ2n) is 6.03. The topological polar surface area (TPSA) is 70.5 Å². The minimum atomic E-state index is 0.115. The Bertz CT molecular complexity index is 1140. The molecule has 0 saturated carbocycles. The number of hydrogen-bond donors (Lipinski definition) is 2. The largest absolute Gasteiger partial charge is 0.494 e. The summed E-state index contributed by atoms with van der Waals surface area (Å²) in [5.41, 5.74) is 4.09. The maximum absolute atomic E-state index is 10.5. The van der Waals surface area contributed by atoms with Crippen LogP contribution in [-0.4, -0.2) is 34.1 Å². The number of aromatic amines is 1. The lowest BCUT2D eigenvalue weighted by atomic mass is 10.1. The zero-order valence-corrected chi connectivity index (χ0v) is 13.4. The van der Waals surface area contributed by atoms with Crippen LogP contribution in [0.3, 0.4) is 0 Å². The molecular formula is C20H15N3O2. The lowest BCUT2D eigenvalue weighted by molar-refractivity contribution is 0.348. The van der Waals surface area contributed by atoms with Crippen molar-refractivity contribution in [3.63, 3.8) is 0 Å². The quantitative estimate of drug-likeness (QED) is 0.586. The molecule has 0 amide bonds. The number of nitrogens with zero attached hydrogens (tertiary/aromatic N) is 2. The van der Waals surface area contributed by atoms with Gasteiger partial charge in [-0.25, -0.2) is 9.98 Å². The van der Waals surface area contributed by atoms with E-state index in [1.807, 2.05) is 54.6 Å². The second-order valence-corrected chi connectivity index (χ2v) is 6.03. The van der Waals surface area contributed by atoms with Gasteiger partial charge in [-0.1, -0.05) is 30.3 Å². The molecule has 5 heteroatoms. The molecule has 25 heavy (non-hydrogen) atoms. The third-order valence-corrected chi connectivity index (χ3v) is 4.47. The van der Waals surface area contributed by atoms with Gasteiger partial charge in [0.15, 0.2) is 5.88 Å². The number of para-hydroxylation sites is 1. The number of pyridine rings is 1. The zero-order chi connectivity index (χ0) is 16.8. The molecule has 0 radical (unpaired) electrons. The van der Waals surface area contributed by atoms with E-state index in [4.69, 9.17) is 9.72 Å². The number of H-pyrrole nitrogens is 1. The van der Waals surface area contributed by atoms with E-state index >= 15 is 0 Å². The van der Waals surface area contributed by atoms with Gasteiger partial charge in [0.25, 0.3) is 0 Å². The van der Waals surface area contributed by atoms with E-state index in [9.17, 15) is 5.11 Å². The Morgan fingerprint density at radius 3 is 2.84 bits per heavy atom. The molecule has 2 N–H and O–H groups in total. The molecular weight excluding hydrogens is 314 g/mol. The van der Waals surface area contributed by atoms with E-state index in [1.165, 1.54) is 0 Å². The van der Waals surface area contributed by atoms with Crippen LogP contribution in [0, 0.1) is 0 Å². The Labute approximate surface area is 143 Å². The molecule has 122 valence electrons. The number of aromatic hydroxyl groups is 1. The fraction of sp³-hybridized carbons (Fsp3) is 0.100. The molecule has 2 aromatic carbocycles. The molecule has 0 fully saturated rings. The first-order valence-electron chi connectivity index (χ1n) is 8.18. The SMILES string of the molecule is Oc1[nH]c2cc(C3=NCCO3)ccc2c1-c1ccc2ccccc2n1. The van der Waals surface area contributed by atoms with Crippen LogP contribution in [0.2, 0.25) is 0 Å². The van der Waals surface area contributed by atoms with Crippen LogP contribution in [0.25, 0.3) is 33.1 Å². The summed E-state index contributed by atoms with van der Waals surface area (Å²) in [4.78, 5) is 12.1. The van der Waals surface area contributed by atoms with Crippen molar-refractivity contribution in [1.82, 2.24) is 9.97 Å². The fourth-order valence-corrected chi connectivity index (χ4v) is 3.29. The van der Waals surface area contributed by atoms with Crippen molar-refractivity contribution in [2.24, 2.45) is 4.99 Å². The molecule has 2 aromatic heterocycles. The number of fused-ring (bicyclic) bond motifs is 2. The molecule has 0 unspecified atom stereocenters. The van der Waals surface area contributed by atoms with Gasteiger partial charge in [0.05, 0.1) is 23.3 Å². The number of aliphatic imine (C=N–C) groups is 1. The maximum atomic E-state index is 10.5. The summed E-state index contributed by atoms with van der Waals surface area (Å²) in [6.45, 7) is 1.31. The smallest absolute Gasteiger partial charge is 0.216 e. The van der Waals surface area contributed by atoms with Crippen molar-refractivity contribution in [2.75, 3.05) is 13.2 Å². The van der Waals surface area contributed by atoms with Crippen molar-refractivity contribution in [1.29, 1.82) is 0 Å². The molecule has 4 aromatic rings. The second kappa shape index (κ2) is 5.34. The first kappa shape index (κ1) is 14.0. The minimum Gasteiger partial charge on any atom is -0.494 e. The lowest BCUT2D eigenvalue weighted by Crippen LogP contribution is -2.00. The van der Waals surface area contributed by atoms with Crippen LogP contribution in [0.1, 0.15) is 5.56 Å². The van der Waals surface area contributed by atoms with E-state index in [1.54, 1.807) is 0 Å². The third kappa shape index (κ3) is 2.24. The standard InChI is InChI=1S/C20H15N3O2/c24-19-18(16-8-6-12-3-1-2-4-15(12)22-16)14-7-5-13(11-17(14)23-19)20-21-9-10-25-20/h1-8,11,23-24H,9-10H2. The van der Waals surface area contributed by atoms with E-state index in [2.05, 4.69) is 9.98 Å². The summed E-state index contributed by atoms with van der Waals surface area (Å²) in [7, 11) is 0. The predicted molar refractivity (Wildman–Crippen MR) is 98.1 cm³/mol. The van der Waals surface area contributed by atoms with Crippen LogP contribution in [0.5, 0.6) is 5.88 Å². The highest BCUT2D eigenvalue weighted by atomic mass is 16.5. The Balaban J connectivity index is 1.68. The third-order valence-electron chi connectivity index (χ3n) is 4.47. The summed E-state index contributed by atoms with van der Waals surface area (Å²) >= 11 is 0. The van der Waals surface area contributed by atoms with Gasteiger partial charge in [-0.15, -0.1) is 0 Å². The van der Waals surface area contributed by atoms with Crippen molar-refractivity contribution in [2.45, 2.75) is 0 Å². The summed E-state index contributed by atoms with van der Waals surface area (Å²) < 4.78 is 5.52. The number of hydrogen-bond acceptors (Lipinski definition) is 4. The Morgan fingerprint density at radius 1 is 1.04 bits per heavy atom. The first-order valence-corrected chi connectivity index (χ1v) is 8.18. The van der Waals surface area contributed by atoms with Crippen LogP contribution >= 0.6 is 0 Å². The Morgan fingerprint density at radius 2 is 1.96 bits per heavy atom. The summed E-state index contributed by atoms with van der Waals surface area (Å²) in [5, 5.41) is 12.5. The van der Waals surface area contributed by atoms with Gasteiger partial charge in [-0.05, 0) is 24.3 Å². The van der Waals surface area contributed by atoms with E-state index in [-0.39, 0.29) is 5.88 Å². The van der Waals surface area contributed by atoms with Crippen LogP contribution in [-0.2, 0) is 4.74 Å². The van der Waals surface area contributed by atoms with Gasteiger partial charge in [-0.3, -0.25) is 0 Å². The van der Waals surface area contributed by atoms with Gasteiger partial charge in [-0.2, -0.15) is 0 Å². The van der Waals surface area contributed by atoms with Crippen molar-refractivity contribution < 1.29 is 9.84 Å². The molecule has 5 rings (SSSR count). The van der Waals surface area contributed by atoms with Gasteiger partial charge in [0.2, 0.25) is 5.90 Å². The minimum absolute atomic E-state index is 0.115. The van der Waals surface area contributed by atoms with E-state index in [0.29, 0.717) is 24.6 Å². The fourth-order valence-electron chi connectivity index (χ4n) is 3.29. The predicted octanol–water partition coefficient (Wildman–Crippen LogP) is 3.87. The average molecular weight is 329 g/mol. The number of benzene rings is 2. The van der Waals surface area contributed by atoms with Gasteiger partial charge < -0.3 is 14.8 Å². The van der Waals surface area contributed by atoms with Crippen LogP contribution in [0.4, 0.5) is 0 Å². The Hall–Kier alpha value is -3.34. The average Bonchev–Trinajstić information content (AvgIpc) is 3.27. The molecule has 0 saturated heterocycles. The van der Waals surface area contributed by atoms with Crippen molar-refractivity contribution in [3.8, 4) is 17.1 Å². The van der Waals surface area contributed by atoms with Crippen molar-refractivity contribution >= 4 is 27.7 Å². The summed E-state index contributed by atoms with van der Waals surface area (Å²) in [6.07, 6.45) is 0. The van der Waals surface area contributed by atoms with Gasteiger partial charge in [0, 0.05) is 21.9 Å². The molecule has 0 atom stereocenters. The molecule has 0 bridgehead atoms. The zero-order valence-electron chi connectivity index (χ0n) is 13.4. The monoisotopic (exact) mass is 329 g/mol. The maximum Gasteiger partial charge on any atom is 0.216 e. The van der Waals surface area contributed by atoms with Gasteiger partial charge >= 0.3 is 0 Å². The molecule has 0 aliphatic carbocycles. The highest BCUT2D eigenvalue weighted by molar-refractivity contribution is 6.04. The number of aromatic nitrogens is 2. The van der Waals surface area contributed by atoms with E-state index < -0.39 is 0 Å². The first-order chi connectivity index (χ1) is 12.3. The molecule has 0 spiro atoms. The van der Waals surface area contributed by atoms with Crippen LogP contribution in [0.15, 0.2) is 59.6 Å². The summed E-state index contributed by atoms with van der Waals surface area (Å²) in [5.74, 6) is 0.769. The molecule has 1 aliphatic heterocycles. The molecule has 1 aliphatic rings. The number of ether oxygens (including phenoxy) is 1. The summed E-state index contributed by atoms with van der Waals surface area (Å²) in [6, 6.07) is 17.8. The van der Waals surface area contributed by atoms with Crippen LogP contribution < -0.4 is 0 Å². The molecule has 5 nitrogen and oxygen atoms in total. The molecule has 3 heterocycles. The van der Waals surface area contributed by atoms with Gasteiger partial charge in [0.1, 0.15) is 6.61 Å². The normalized spacial score (nSPS) is 14.0. The lowest BCUT2D eigenvalue weighted by Gasteiger charge is -2.04. The van der Waals surface area contributed by atoms with Crippen molar-refractivity contribution in [3.05, 3.63) is 60.2 Å². The Kier molecular flexibility index (Phi) is 3.00. The number of nitrogens with one attached hydrogen (secondary N) is 1. The highest BCUT2D eigenvalue weighted by Crippen LogP contribution is 2.36. The van der Waals surface area contributed by atoms with E-state index in [0.717, 1.165) is 33.1 Å². The highest BCUT2D eigenvalue weighted by Gasteiger charge is 2.17. The number of rotatable bonds is 2.